The number of ether oxygens (including phenoxy) is 1. The van der Waals surface area contributed by atoms with E-state index in [9.17, 15) is 0 Å². The van der Waals surface area contributed by atoms with Crippen molar-refractivity contribution >= 4 is 47.9 Å². The van der Waals surface area contributed by atoms with Crippen LogP contribution in [0.2, 0.25) is 0 Å². The van der Waals surface area contributed by atoms with Crippen LogP contribution in [0.1, 0.15) is 13.8 Å². The summed E-state index contributed by atoms with van der Waals surface area (Å²) in [5, 5.41) is 8.75. The topological polar surface area (TPSA) is 46.2 Å². The normalized spacial score (nSPS) is 11.0. The van der Waals surface area contributed by atoms with Crippen molar-refractivity contribution in [3.8, 4) is 5.75 Å². The van der Waals surface area contributed by atoms with Crippen molar-refractivity contribution < 1.29 is 4.74 Å². The lowest BCUT2D eigenvalue weighted by molar-refractivity contribution is 0.417. The van der Waals surface area contributed by atoms with Crippen molar-refractivity contribution in [3.05, 3.63) is 60.8 Å². The molecule has 1 aromatic heterocycles. The van der Waals surface area contributed by atoms with Crippen LogP contribution >= 0.6 is 19.7 Å². The first-order valence-corrected chi connectivity index (χ1v) is 12.7. The first kappa shape index (κ1) is 21.5. The smallest absolute Gasteiger partial charge is 0.142 e. The van der Waals surface area contributed by atoms with Crippen molar-refractivity contribution in [2.45, 2.75) is 24.0 Å². The van der Waals surface area contributed by atoms with Gasteiger partial charge in [-0.2, -0.15) is 0 Å². The van der Waals surface area contributed by atoms with Crippen molar-refractivity contribution in [1.82, 2.24) is 4.98 Å². The van der Waals surface area contributed by atoms with Gasteiger partial charge in [0.2, 0.25) is 0 Å². The molecule has 0 aliphatic carbocycles. The van der Waals surface area contributed by atoms with E-state index in [1.54, 1.807) is 13.3 Å². The summed E-state index contributed by atoms with van der Waals surface area (Å²) < 4.78 is 5.59. The van der Waals surface area contributed by atoms with Crippen molar-refractivity contribution in [1.29, 1.82) is 0 Å². The second kappa shape index (κ2) is 10.00. The highest BCUT2D eigenvalue weighted by Gasteiger charge is 2.09. The van der Waals surface area contributed by atoms with Crippen LogP contribution in [0.15, 0.2) is 65.7 Å². The standard InChI is InChI=1S/C23H28N3OPS/c1-16(2)29-22-9-7-6-8-20(22)25-17-12-13-24-23(14-17)26-19-11-10-18(28(4)5)15-21(19)27-3/h6-16H,1-5H3,(H2,24,25,26). The summed E-state index contributed by atoms with van der Waals surface area (Å²) in [7, 11) is 1.53. The second-order valence-corrected chi connectivity index (χ2v) is 11.0. The molecule has 2 aromatic carbocycles. The Morgan fingerprint density at radius 2 is 1.76 bits per heavy atom. The van der Waals surface area contributed by atoms with E-state index in [0.29, 0.717) is 5.25 Å². The number of nitrogens with zero attached hydrogens (tertiary/aromatic N) is 1. The molecule has 0 saturated heterocycles. The van der Waals surface area contributed by atoms with Crippen molar-refractivity contribution in [2.24, 2.45) is 0 Å². The largest absolute Gasteiger partial charge is 0.495 e. The molecule has 0 unspecified atom stereocenters. The quantitative estimate of drug-likeness (QED) is 0.321. The number of pyridine rings is 1. The maximum Gasteiger partial charge on any atom is 0.142 e. The molecule has 0 aliphatic heterocycles. The van der Waals surface area contributed by atoms with Gasteiger partial charge < -0.3 is 15.4 Å². The van der Waals surface area contributed by atoms with Crippen LogP contribution < -0.4 is 20.7 Å². The zero-order valence-corrected chi connectivity index (χ0v) is 19.3. The molecule has 29 heavy (non-hydrogen) atoms. The van der Waals surface area contributed by atoms with Crippen molar-refractivity contribution in [2.75, 3.05) is 31.1 Å². The Labute approximate surface area is 179 Å². The van der Waals surface area contributed by atoms with E-state index in [-0.39, 0.29) is 7.92 Å². The lowest BCUT2D eigenvalue weighted by Crippen LogP contribution is -2.03. The summed E-state index contributed by atoms with van der Waals surface area (Å²) in [4.78, 5) is 5.71. The molecular weight excluding hydrogens is 397 g/mol. The SMILES string of the molecule is COc1cc(P(C)C)ccc1Nc1cc(Nc2ccccc2SC(C)C)ccn1. The van der Waals surface area contributed by atoms with Crippen LogP contribution in [0.4, 0.5) is 22.9 Å². The molecular formula is C23H28N3OPS. The Balaban J connectivity index is 1.81. The molecule has 1 heterocycles. The third kappa shape index (κ3) is 5.88. The van der Waals surface area contributed by atoms with Gasteiger partial charge in [0.1, 0.15) is 11.6 Å². The number of anilines is 4. The van der Waals surface area contributed by atoms with Gasteiger partial charge in [0.15, 0.2) is 0 Å². The number of nitrogens with one attached hydrogen (secondary N) is 2. The molecule has 6 heteroatoms. The molecule has 0 fully saturated rings. The molecule has 0 radical (unpaired) electrons. The molecule has 4 nitrogen and oxygen atoms in total. The first-order chi connectivity index (χ1) is 14.0. The number of hydrogen-bond acceptors (Lipinski definition) is 5. The maximum atomic E-state index is 5.59. The zero-order valence-electron chi connectivity index (χ0n) is 17.6. The van der Waals surface area contributed by atoms with Gasteiger partial charge in [0.05, 0.1) is 18.5 Å². The number of benzene rings is 2. The molecule has 0 bridgehead atoms. The molecule has 0 atom stereocenters. The van der Waals surface area contributed by atoms with Crippen LogP contribution in [0.5, 0.6) is 5.75 Å². The molecule has 2 N–H and O–H groups in total. The summed E-state index contributed by atoms with van der Waals surface area (Å²) in [6.45, 7) is 8.89. The van der Waals surface area contributed by atoms with Crippen LogP contribution in [-0.2, 0) is 0 Å². The number of rotatable bonds is 8. The monoisotopic (exact) mass is 425 g/mol. The molecule has 0 saturated carbocycles. The third-order valence-electron chi connectivity index (χ3n) is 4.25. The van der Waals surface area contributed by atoms with E-state index in [1.807, 2.05) is 23.9 Å². The number of para-hydroxylation sites is 1. The Morgan fingerprint density at radius 3 is 2.48 bits per heavy atom. The minimum atomic E-state index is -0.168. The maximum absolute atomic E-state index is 5.59. The van der Waals surface area contributed by atoms with E-state index >= 15 is 0 Å². The molecule has 3 aromatic rings. The van der Waals surface area contributed by atoms with Gasteiger partial charge in [-0.3, -0.25) is 0 Å². The van der Waals surface area contributed by atoms with Gasteiger partial charge in [-0.25, -0.2) is 4.98 Å². The Kier molecular flexibility index (Phi) is 7.40. The van der Waals surface area contributed by atoms with Gasteiger partial charge in [0, 0.05) is 28.1 Å². The van der Waals surface area contributed by atoms with Gasteiger partial charge in [0.25, 0.3) is 0 Å². The molecule has 3 rings (SSSR count). The summed E-state index contributed by atoms with van der Waals surface area (Å²) in [5.74, 6) is 1.60. The zero-order chi connectivity index (χ0) is 20.8. The fraction of sp³-hybridized carbons (Fsp3) is 0.261. The van der Waals surface area contributed by atoms with Gasteiger partial charge >= 0.3 is 0 Å². The van der Waals surface area contributed by atoms with E-state index in [4.69, 9.17) is 4.74 Å². The molecule has 0 spiro atoms. The highest BCUT2D eigenvalue weighted by Crippen LogP contribution is 2.34. The number of hydrogen-bond donors (Lipinski definition) is 2. The second-order valence-electron chi connectivity index (χ2n) is 7.12. The van der Waals surface area contributed by atoms with E-state index < -0.39 is 0 Å². The minimum Gasteiger partial charge on any atom is -0.495 e. The summed E-state index contributed by atoms with van der Waals surface area (Å²) >= 11 is 1.85. The lowest BCUT2D eigenvalue weighted by Gasteiger charge is -2.16. The summed E-state index contributed by atoms with van der Waals surface area (Å²) in [5.41, 5.74) is 3.00. The van der Waals surface area contributed by atoms with Crippen LogP contribution in [0.25, 0.3) is 0 Å². The average Bonchev–Trinajstić information content (AvgIpc) is 2.69. The van der Waals surface area contributed by atoms with Crippen LogP contribution in [0.3, 0.4) is 0 Å². The number of methoxy groups -OCH3 is 1. The fourth-order valence-electron chi connectivity index (χ4n) is 2.86. The first-order valence-electron chi connectivity index (χ1n) is 9.57. The molecule has 152 valence electrons. The van der Waals surface area contributed by atoms with E-state index in [1.165, 1.54) is 10.2 Å². The van der Waals surface area contributed by atoms with Crippen LogP contribution in [0, 0.1) is 0 Å². The molecule has 0 aliphatic rings. The fourth-order valence-corrected chi connectivity index (χ4v) is 4.52. The third-order valence-corrected chi connectivity index (χ3v) is 6.65. The number of thioether (sulfide) groups is 1. The Morgan fingerprint density at radius 1 is 0.966 bits per heavy atom. The minimum absolute atomic E-state index is 0.168. The van der Waals surface area contributed by atoms with E-state index in [2.05, 4.69) is 85.3 Å². The Hall–Kier alpha value is -2.23. The Bertz CT molecular complexity index is 962. The lowest BCUT2D eigenvalue weighted by atomic mass is 10.2. The highest BCUT2D eigenvalue weighted by atomic mass is 32.2. The van der Waals surface area contributed by atoms with E-state index in [0.717, 1.165) is 28.6 Å². The predicted molar refractivity (Wildman–Crippen MR) is 130 cm³/mol. The van der Waals surface area contributed by atoms with Gasteiger partial charge in [-0.15, -0.1) is 11.8 Å². The molecule has 0 amide bonds. The van der Waals surface area contributed by atoms with Crippen LogP contribution in [-0.4, -0.2) is 30.7 Å². The van der Waals surface area contributed by atoms with Crippen molar-refractivity contribution in [3.63, 3.8) is 0 Å². The average molecular weight is 426 g/mol. The van der Waals surface area contributed by atoms with Gasteiger partial charge in [-0.1, -0.05) is 40.0 Å². The predicted octanol–water partition coefficient (Wildman–Crippen LogP) is 6.44. The highest BCUT2D eigenvalue weighted by molar-refractivity contribution is 8.00. The number of aromatic nitrogens is 1. The van der Waals surface area contributed by atoms with Gasteiger partial charge in [-0.05, 0) is 49.0 Å². The summed E-state index contributed by atoms with van der Waals surface area (Å²) in [6.07, 6.45) is 1.81. The summed E-state index contributed by atoms with van der Waals surface area (Å²) in [6, 6.07) is 18.7.